The maximum absolute atomic E-state index is 5.41. The smallest absolute Gasteiger partial charge is 0.136 e. The first-order valence-electron chi connectivity index (χ1n) is 7.12. The predicted molar refractivity (Wildman–Crippen MR) is 86.8 cm³/mol. The zero-order valence-corrected chi connectivity index (χ0v) is 13.7. The maximum atomic E-state index is 5.41. The van der Waals surface area contributed by atoms with Gasteiger partial charge in [0.2, 0.25) is 0 Å². The van der Waals surface area contributed by atoms with E-state index in [1.54, 1.807) is 11.3 Å². The van der Waals surface area contributed by atoms with Crippen LogP contribution in [0.15, 0.2) is 47.8 Å². The van der Waals surface area contributed by atoms with Gasteiger partial charge in [0.05, 0.1) is 5.60 Å². The van der Waals surface area contributed by atoms with Gasteiger partial charge in [-0.3, -0.25) is 4.90 Å². The molecule has 0 radical (unpaired) electrons. The van der Waals surface area contributed by atoms with Crippen molar-refractivity contribution in [2.45, 2.75) is 39.5 Å². The normalized spacial score (nSPS) is 12.0. The number of hydrogen-bond donors (Lipinski definition) is 0. The molecule has 0 aliphatic carbocycles. The quantitative estimate of drug-likeness (QED) is 0.428. The van der Waals surface area contributed by atoms with Gasteiger partial charge >= 0.3 is 0 Å². The summed E-state index contributed by atoms with van der Waals surface area (Å²) in [5, 5.41) is 2.10. The molecule has 0 aliphatic heterocycles. The fraction of sp³-hybridized carbons (Fsp3) is 0.412. The topological polar surface area (TPSA) is 21.7 Å². The van der Waals surface area contributed by atoms with Crippen LogP contribution < -0.4 is 0 Å². The molecule has 0 unspecified atom stereocenters. The monoisotopic (exact) mass is 305 g/mol. The van der Waals surface area contributed by atoms with Crippen molar-refractivity contribution in [3.63, 3.8) is 0 Å². The van der Waals surface area contributed by atoms with E-state index >= 15 is 0 Å². The lowest BCUT2D eigenvalue weighted by atomic mass is 10.2. The minimum absolute atomic E-state index is 0.290. The highest BCUT2D eigenvalue weighted by Crippen LogP contribution is 2.15. The van der Waals surface area contributed by atoms with Crippen LogP contribution >= 0.6 is 11.3 Å². The molecule has 21 heavy (non-hydrogen) atoms. The molecule has 0 aliphatic rings. The van der Waals surface area contributed by atoms with Crippen LogP contribution in [-0.4, -0.2) is 17.2 Å². The van der Waals surface area contributed by atoms with Crippen LogP contribution in [-0.2, 0) is 22.9 Å². The van der Waals surface area contributed by atoms with Gasteiger partial charge in [0, 0.05) is 18.0 Å². The van der Waals surface area contributed by atoms with Gasteiger partial charge in [0.15, 0.2) is 0 Å². The van der Waals surface area contributed by atoms with E-state index in [9.17, 15) is 0 Å². The van der Waals surface area contributed by atoms with Gasteiger partial charge in [0.25, 0.3) is 0 Å². The number of benzene rings is 1. The Morgan fingerprint density at radius 1 is 1.00 bits per heavy atom. The van der Waals surface area contributed by atoms with E-state index < -0.39 is 0 Å². The largest absolute Gasteiger partial charge is 0.269 e. The first-order valence-corrected chi connectivity index (χ1v) is 8.00. The second-order valence-electron chi connectivity index (χ2n) is 5.99. The lowest BCUT2D eigenvalue weighted by Gasteiger charge is -2.24. The predicted octanol–water partition coefficient (Wildman–Crippen LogP) is 4.45. The van der Waals surface area contributed by atoms with Gasteiger partial charge in [-0.2, -0.15) is 0 Å². The molecule has 2 aromatic rings. The van der Waals surface area contributed by atoms with E-state index in [0.29, 0.717) is 6.73 Å². The molecule has 114 valence electrons. The van der Waals surface area contributed by atoms with Crippen LogP contribution in [0.4, 0.5) is 0 Å². The Bertz CT molecular complexity index is 505. The molecule has 0 fully saturated rings. The Balaban J connectivity index is 1.93. The molecule has 4 heteroatoms. The average Bonchev–Trinajstić information content (AvgIpc) is 2.91. The van der Waals surface area contributed by atoms with Gasteiger partial charge in [-0.25, -0.2) is 9.78 Å². The van der Waals surface area contributed by atoms with Crippen molar-refractivity contribution < 1.29 is 9.78 Å². The zero-order chi connectivity index (χ0) is 15.1. The van der Waals surface area contributed by atoms with Crippen LogP contribution in [0.5, 0.6) is 0 Å². The van der Waals surface area contributed by atoms with Gasteiger partial charge in [-0.1, -0.05) is 36.4 Å². The van der Waals surface area contributed by atoms with Crippen LogP contribution in [0, 0.1) is 0 Å². The molecule has 0 bridgehead atoms. The summed E-state index contributed by atoms with van der Waals surface area (Å²) in [6, 6.07) is 14.6. The molecule has 0 saturated carbocycles. The molecule has 0 saturated heterocycles. The molecule has 1 aromatic heterocycles. The maximum Gasteiger partial charge on any atom is 0.136 e. The zero-order valence-electron chi connectivity index (χ0n) is 12.9. The number of rotatable bonds is 7. The molecule has 1 aromatic carbocycles. The van der Waals surface area contributed by atoms with E-state index in [1.807, 2.05) is 26.8 Å². The van der Waals surface area contributed by atoms with Gasteiger partial charge in [-0.05, 0) is 37.8 Å². The molecule has 0 N–H and O–H groups in total. The molecular weight excluding hydrogens is 282 g/mol. The number of nitrogens with zero attached hydrogens (tertiary/aromatic N) is 1. The molecule has 0 atom stereocenters. The summed E-state index contributed by atoms with van der Waals surface area (Å²) in [5.41, 5.74) is 0.981. The second kappa shape index (κ2) is 7.71. The highest BCUT2D eigenvalue weighted by atomic mass is 32.1. The first kappa shape index (κ1) is 16.2. The lowest BCUT2D eigenvalue weighted by molar-refractivity contribution is -0.365. The van der Waals surface area contributed by atoms with Gasteiger partial charge < -0.3 is 0 Å². The summed E-state index contributed by atoms with van der Waals surface area (Å²) in [7, 11) is 0. The van der Waals surface area contributed by atoms with E-state index in [-0.39, 0.29) is 5.60 Å². The Kier molecular flexibility index (Phi) is 5.94. The molecule has 1 heterocycles. The fourth-order valence-corrected chi connectivity index (χ4v) is 2.64. The van der Waals surface area contributed by atoms with Gasteiger partial charge in [0.1, 0.15) is 6.73 Å². The van der Waals surface area contributed by atoms with Crippen molar-refractivity contribution in [3.8, 4) is 0 Å². The van der Waals surface area contributed by atoms with E-state index in [2.05, 4.69) is 46.7 Å². The van der Waals surface area contributed by atoms with Crippen molar-refractivity contribution in [2.24, 2.45) is 0 Å². The van der Waals surface area contributed by atoms with E-state index in [1.165, 1.54) is 10.4 Å². The van der Waals surface area contributed by atoms with Crippen molar-refractivity contribution in [1.82, 2.24) is 4.90 Å². The molecule has 2 rings (SSSR count). The lowest BCUT2D eigenvalue weighted by Crippen LogP contribution is -2.28. The third-order valence-corrected chi connectivity index (χ3v) is 3.61. The third kappa shape index (κ3) is 6.40. The molecule has 0 amide bonds. The fourth-order valence-electron chi connectivity index (χ4n) is 1.89. The van der Waals surface area contributed by atoms with E-state index in [0.717, 1.165) is 13.1 Å². The number of hydrogen-bond acceptors (Lipinski definition) is 4. The van der Waals surface area contributed by atoms with Gasteiger partial charge in [-0.15, -0.1) is 11.3 Å². The van der Waals surface area contributed by atoms with Crippen LogP contribution in [0.3, 0.4) is 0 Å². The Hall–Kier alpha value is -1.20. The summed E-state index contributed by atoms with van der Waals surface area (Å²) in [5.74, 6) is 0. The van der Waals surface area contributed by atoms with Crippen LogP contribution in [0.1, 0.15) is 31.2 Å². The summed E-state index contributed by atoms with van der Waals surface area (Å²) in [4.78, 5) is 14.3. The highest BCUT2D eigenvalue weighted by Gasteiger charge is 2.14. The summed E-state index contributed by atoms with van der Waals surface area (Å²) < 4.78 is 0. The van der Waals surface area contributed by atoms with Crippen LogP contribution in [0.25, 0.3) is 0 Å². The first-order chi connectivity index (χ1) is 10.0. The van der Waals surface area contributed by atoms with Crippen molar-refractivity contribution in [1.29, 1.82) is 0 Å². The SMILES string of the molecule is CC(C)(C)OOCN(Cc1ccccc1)Cc1cccs1. The number of thiophene rings is 1. The Morgan fingerprint density at radius 3 is 2.38 bits per heavy atom. The Labute approximate surface area is 131 Å². The third-order valence-electron chi connectivity index (χ3n) is 2.75. The standard InChI is InChI=1S/C17H23NO2S/c1-17(2,3)20-19-14-18(13-16-10-7-11-21-16)12-15-8-5-4-6-9-15/h4-11H,12-14H2,1-3H3. The van der Waals surface area contributed by atoms with E-state index in [4.69, 9.17) is 9.78 Å². The minimum atomic E-state index is -0.290. The second-order valence-corrected chi connectivity index (χ2v) is 7.03. The average molecular weight is 305 g/mol. The minimum Gasteiger partial charge on any atom is -0.269 e. The molecule has 3 nitrogen and oxygen atoms in total. The van der Waals surface area contributed by atoms with Crippen molar-refractivity contribution >= 4 is 11.3 Å². The summed E-state index contributed by atoms with van der Waals surface area (Å²) in [6.07, 6.45) is 0. The van der Waals surface area contributed by atoms with Crippen molar-refractivity contribution in [3.05, 3.63) is 58.3 Å². The summed E-state index contributed by atoms with van der Waals surface area (Å²) in [6.45, 7) is 8.09. The Morgan fingerprint density at radius 2 is 1.76 bits per heavy atom. The molecular formula is C17H23NO2S. The highest BCUT2D eigenvalue weighted by molar-refractivity contribution is 7.09. The van der Waals surface area contributed by atoms with Crippen molar-refractivity contribution in [2.75, 3.05) is 6.73 Å². The summed E-state index contributed by atoms with van der Waals surface area (Å²) >= 11 is 1.76. The molecule has 0 spiro atoms. The van der Waals surface area contributed by atoms with Crippen LogP contribution in [0.2, 0.25) is 0 Å².